The van der Waals surface area contributed by atoms with Gasteiger partial charge in [-0.25, -0.2) is 13.1 Å². The Morgan fingerprint density at radius 1 is 1.17 bits per heavy atom. The van der Waals surface area contributed by atoms with Crippen LogP contribution in [0.15, 0.2) is 29.2 Å². The highest BCUT2D eigenvalue weighted by Gasteiger charge is 2.54. The van der Waals surface area contributed by atoms with Gasteiger partial charge in [0.15, 0.2) is 0 Å². The first-order valence-electron chi connectivity index (χ1n) is 5.56. The number of piperidine rings is 1. The molecule has 1 saturated heterocycles. The topological polar surface area (TPSA) is 58.2 Å². The molecule has 0 bridgehead atoms. The van der Waals surface area contributed by atoms with E-state index in [9.17, 15) is 8.42 Å². The molecule has 1 aliphatic heterocycles. The molecule has 3 rings (SSSR count). The summed E-state index contributed by atoms with van der Waals surface area (Å²) in [7, 11) is -3.39. The average Bonchev–Trinajstić information content (AvgIpc) is 2.75. The van der Waals surface area contributed by atoms with Crippen LogP contribution in [0.25, 0.3) is 0 Å². The number of rotatable bonds is 3. The molecule has 18 heavy (non-hydrogen) atoms. The van der Waals surface area contributed by atoms with Crippen LogP contribution in [0.1, 0.15) is 0 Å². The second-order valence-electron chi connectivity index (χ2n) is 4.59. The van der Waals surface area contributed by atoms with Crippen LogP contribution in [0, 0.1) is 11.8 Å². The van der Waals surface area contributed by atoms with Gasteiger partial charge in [0.25, 0.3) is 0 Å². The molecule has 1 saturated carbocycles. The Hall–Kier alpha value is -0.330. The number of nitrogens with one attached hydrogen (secondary N) is 2. The van der Waals surface area contributed by atoms with Crippen molar-refractivity contribution in [3.05, 3.63) is 29.3 Å². The molecule has 1 heterocycles. The molecule has 2 N–H and O–H groups in total. The monoisotopic (exact) mass is 308 g/mol. The summed E-state index contributed by atoms with van der Waals surface area (Å²) < 4.78 is 26.9. The number of hydrogen-bond acceptors (Lipinski definition) is 3. The van der Waals surface area contributed by atoms with Gasteiger partial charge in [-0.1, -0.05) is 11.6 Å². The van der Waals surface area contributed by atoms with Crippen LogP contribution >= 0.6 is 24.0 Å². The van der Waals surface area contributed by atoms with Crippen molar-refractivity contribution in [1.82, 2.24) is 10.0 Å². The van der Waals surface area contributed by atoms with E-state index in [0.29, 0.717) is 16.9 Å². The summed E-state index contributed by atoms with van der Waals surface area (Å²) in [5.74, 6) is 0.939. The Kier molecular flexibility index (Phi) is 3.90. The van der Waals surface area contributed by atoms with Gasteiger partial charge < -0.3 is 5.32 Å². The van der Waals surface area contributed by atoms with E-state index in [-0.39, 0.29) is 23.3 Å². The van der Waals surface area contributed by atoms with E-state index in [0.717, 1.165) is 13.1 Å². The van der Waals surface area contributed by atoms with Crippen LogP contribution in [-0.2, 0) is 10.0 Å². The third-order valence-electron chi connectivity index (χ3n) is 3.51. The van der Waals surface area contributed by atoms with Gasteiger partial charge in [-0.3, -0.25) is 0 Å². The highest BCUT2D eigenvalue weighted by atomic mass is 35.5. The van der Waals surface area contributed by atoms with Crippen molar-refractivity contribution in [2.24, 2.45) is 11.8 Å². The lowest BCUT2D eigenvalue weighted by atomic mass is 10.4. The second-order valence-corrected chi connectivity index (χ2v) is 6.74. The molecule has 1 aromatic rings. The lowest BCUT2D eigenvalue weighted by molar-refractivity contribution is 0.565. The molecule has 1 aromatic carbocycles. The van der Waals surface area contributed by atoms with Gasteiger partial charge >= 0.3 is 0 Å². The molecule has 100 valence electrons. The normalized spacial score (nSPS) is 29.5. The highest BCUT2D eigenvalue weighted by Crippen LogP contribution is 2.42. The van der Waals surface area contributed by atoms with Crippen LogP contribution < -0.4 is 10.0 Å². The van der Waals surface area contributed by atoms with Gasteiger partial charge in [-0.2, -0.15) is 0 Å². The van der Waals surface area contributed by atoms with Crippen molar-refractivity contribution < 1.29 is 8.42 Å². The SMILES string of the molecule is Cl.O=S(=O)(NC1C2CNCC21)c1ccc(Cl)cc1. The van der Waals surface area contributed by atoms with Crippen LogP contribution in [0.2, 0.25) is 5.02 Å². The maximum absolute atomic E-state index is 12.1. The zero-order valence-electron chi connectivity index (χ0n) is 9.47. The largest absolute Gasteiger partial charge is 0.316 e. The van der Waals surface area contributed by atoms with Crippen molar-refractivity contribution in [3.8, 4) is 0 Å². The predicted molar refractivity (Wildman–Crippen MR) is 72.7 cm³/mol. The van der Waals surface area contributed by atoms with E-state index in [1.165, 1.54) is 12.1 Å². The summed E-state index contributed by atoms with van der Waals surface area (Å²) in [5, 5.41) is 3.77. The lowest BCUT2D eigenvalue weighted by Crippen LogP contribution is -2.32. The minimum Gasteiger partial charge on any atom is -0.316 e. The number of hydrogen-bond donors (Lipinski definition) is 2. The second kappa shape index (κ2) is 4.98. The summed E-state index contributed by atoms with van der Waals surface area (Å²) in [6.07, 6.45) is 0. The third kappa shape index (κ3) is 2.51. The van der Waals surface area contributed by atoms with Crippen molar-refractivity contribution in [2.75, 3.05) is 13.1 Å². The van der Waals surface area contributed by atoms with Crippen molar-refractivity contribution in [3.63, 3.8) is 0 Å². The summed E-state index contributed by atoms with van der Waals surface area (Å²) in [5.41, 5.74) is 0. The number of halogens is 2. The van der Waals surface area contributed by atoms with Crippen LogP contribution in [0.3, 0.4) is 0 Å². The summed E-state index contributed by atoms with van der Waals surface area (Å²) in [6, 6.07) is 6.34. The Bertz CT molecular complexity index is 522. The van der Waals surface area contributed by atoms with E-state index in [1.807, 2.05) is 0 Å². The molecule has 2 fully saturated rings. The molecule has 0 aromatic heterocycles. The fourth-order valence-corrected chi connectivity index (χ4v) is 3.92. The summed E-state index contributed by atoms with van der Waals surface area (Å²) in [4.78, 5) is 0.278. The number of sulfonamides is 1. The minimum absolute atomic E-state index is 0. The van der Waals surface area contributed by atoms with Gasteiger partial charge in [0.1, 0.15) is 0 Å². The Balaban J connectivity index is 0.00000120. The smallest absolute Gasteiger partial charge is 0.240 e. The fourth-order valence-electron chi connectivity index (χ4n) is 2.45. The maximum Gasteiger partial charge on any atom is 0.240 e. The first-order chi connectivity index (χ1) is 8.08. The van der Waals surface area contributed by atoms with Crippen molar-refractivity contribution in [2.45, 2.75) is 10.9 Å². The van der Waals surface area contributed by atoms with Crippen molar-refractivity contribution in [1.29, 1.82) is 0 Å². The molecule has 0 amide bonds. The van der Waals surface area contributed by atoms with Crippen LogP contribution in [0.5, 0.6) is 0 Å². The molecule has 1 aliphatic carbocycles. The molecule has 7 heteroatoms. The molecule has 2 atom stereocenters. The van der Waals surface area contributed by atoms with Gasteiger partial charge in [0.2, 0.25) is 10.0 Å². The van der Waals surface area contributed by atoms with E-state index in [2.05, 4.69) is 10.0 Å². The van der Waals surface area contributed by atoms with Gasteiger partial charge in [0, 0.05) is 11.1 Å². The quantitative estimate of drug-likeness (QED) is 0.884. The van der Waals surface area contributed by atoms with Gasteiger partial charge in [-0.15, -0.1) is 12.4 Å². The molecule has 2 unspecified atom stereocenters. The summed E-state index contributed by atoms with van der Waals surface area (Å²) in [6.45, 7) is 1.83. The average molecular weight is 309 g/mol. The predicted octanol–water partition coefficient (Wildman–Crippen LogP) is 1.26. The van der Waals surface area contributed by atoms with E-state index >= 15 is 0 Å². The lowest BCUT2D eigenvalue weighted by Gasteiger charge is -2.08. The first kappa shape index (κ1) is 14.1. The Labute approximate surface area is 118 Å². The standard InChI is InChI=1S/C11H13ClN2O2S.ClH/c12-7-1-3-8(4-2-7)17(15,16)14-11-9-5-13-6-10(9)11;/h1-4,9-11,13-14H,5-6H2;1H. The molecule has 4 nitrogen and oxygen atoms in total. The van der Waals surface area contributed by atoms with E-state index in [4.69, 9.17) is 11.6 Å². The minimum atomic E-state index is -3.39. The molecule has 2 aliphatic rings. The third-order valence-corrected chi connectivity index (χ3v) is 5.23. The molecule has 0 spiro atoms. The van der Waals surface area contributed by atoms with Crippen molar-refractivity contribution >= 4 is 34.0 Å². The van der Waals surface area contributed by atoms with Crippen LogP contribution in [0.4, 0.5) is 0 Å². The summed E-state index contributed by atoms with van der Waals surface area (Å²) >= 11 is 5.73. The fraction of sp³-hybridized carbons (Fsp3) is 0.455. The highest BCUT2D eigenvalue weighted by molar-refractivity contribution is 7.89. The van der Waals surface area contributed by atoms with Gasteiger partial charge in [-0.05, 0) is 49.2 Å². The number of fused-ring (bicyclic) bond motifs is 1. The molecular weight excluding hydrogens is 295 g/mol. The zero-order chi connectivity index (χ0) is 12.0. The maximum atomic E-state index is 12.1. The van der Waals surface area contributed by atoms with Crippen LogP contribution in [-0.4, -0.2) is 27.5 Å². The zero-order valence-corrected chi connectivity index (χ0v) is 11.9. The van der Waals surface area contributed by atoms with E-state index < -0.39 is 10.0 Å². The number of benzene rings is 1. The Morgan fingerprint density at radius 2 is 1.72 bits per heavy atom. The molecule has 0 radical (unpaired) electrons. The Morgan fingerprint density at radius 3 is 2.28 bits per heavy atom. The van der Waals surface area contributed by atoms with E-state index in [1.54, 1.807) is 12.1 Å². The molecular formula is C11H14Cl2N2O2S. The first-order valence-corrected chi connectivity index (χ1v) is 7.43. The van der Waals surface area contributed by atoms with Gasteiger partial charge in [0.05, 0.1) is 4.90 Å².